The smallest absolute Gasteiger partial charge is 0.311 e. The lowest BCUT2D eigenvalue weighted by molar-refractivity contribution is -0.139. The van der Waals surface area contributed by atoms with Gasteiger partial charge in [-0.2, -0.15) is 0 Å². The fraction of sp³-hybridized carbons (Fsp3) is 0.294. The lowest BCUT2D eigenvalue weighted by Gasteiger charge is -2.32. The highest BCUT2D eigenvalue weighted by Gasteiger charge is 2.33. The number of aromatic nitrogens is 1. The number of hydrogen-bond acceptors (Lipinski definition) is 2. The number of anilines is 1. The molecule has 0 saturated heterocycles. The number of carboxylic acid groups (broad SMARTS) is 1. The summed E-state index contributed by atoms with van der Waals surface area (Å²) in [6, 6.07) is 8.84. The van der Waals surface area contributed by atoms with Crippen LogP contribution < -0.4 is 4.90 Å². The maximum atomic E-state index is 12.9. The van der Waals surface area contributed by atoms with Crippen molar-refractivity contribution in [2.75, 3.05) is 11.4 Å². The quantitative estimate of drug-likeness (QED) is 0.937. The van der Waals surface area contributed by atoms with E-state index in [-0.39, 0.29) is 5.91 Å². The molecule has 0 aliphatic carbocycles. The summed E-state index contributed by atoms with van der Waals surface area (Å²) in [5.74, 6) is -1.59. The van der Waals surface area contributed by atoms with E-state index in [4.69, 9.17) is 11.6 Å². The zero-order valence-corrected chi connectivity index (χ0v) is 13.5. The van der Waals surface area contributed by atoms with E-state index in [9.17, 15) is 14.7 Å². The summed E-state index contributed by atoms with van der Waals surface area (Å²) >= 11 is 6.02. The van der Waals surface area contributed by atoms with Crippen molar-refractivity contribution < 1.29 is 14.7 Å². The average Bonchev–Trinajstić information content (AvgIpc) is 2.94. The van der Waals surface area contributed by atoms with Gasteiger partial charge in [-0.3, -0.25) is 9.59 Å². The highest BCUT2D eigenvalue weighted by atomic mass is 35.5. The second kappa shape index (κ2) is 6.08. The van der Waals surface area contributed by atoms with Crippen molar-refractivity contribution in [2.45, 2.75) is 25.8 Å². The van der Waals surface area contributed by atoms with Crippen LogP contribution in [0.15, 0.2) is 36.5 Å². The minimum atomic E-state index is -0.857. The Balaban J connectivity index is 2.02. The molecule has 5 nitrogen and oxygen atoms in total. The van der Waals surface area contributed by atoms with Gasteiger partial charge in [0.15, 0.2) is 0 Å². The molecule has 23 heavy (non-hydrogen) atoms. The number of nitrogens with zero attached hydrogens (tertiary/aromatic N) is 2. The molecule has 0 spiro atoms. The van der Waals surface area contributed by atoms with E-state index in [0.29, 0.717) is 41.5 Å². The number of aliphatic carboxylic acids is 1. The van der Waals surface area contributed by atoms with Crippen molar-refractivity contribution in [3.8, 4) is 0 Å². The van der Waals surface area contributed by atoms with Gasteiger partial charge in [-0.1, -0.05) is 29.8 Å². The van der Waals surface area contributed by atoms with Crippen LogP contribution in [0.25, 0.3) is 0 Å². The Bertz CT molecular complexity index is 769. The van der Waals surface area contributed by atoms with E-state index >= 15 is 0 Å². The Morgan fingerprint density at radius 3 is 2.78 bits per heavy atom. The molecule has 1 N–H and O–H groups in total. The van der Waals surface area contributed by atoms with Crippen LogP contribution >= 0.6 is 11.6 Å². The van der Waals surface area contributed by atoms with Crippen molar-refractivity contribution in [3.63, 3.8) is 0 Å². The number of benzene rings is 1. The van der Waals surface area contributed by atoms with E-state index in [1.807, 2.05) is 13.0 Å². The number of carbonyl (C=O) groups excluding carboxylic acids is 1. The van der Waals surface area contributed by atoms with Gasteiger partial charge in [0.05, 0.1) is 10.9 Å². The summed E-state index contributed by atoms with van der Waals surface area (Å²) in [6.07, 6.45) is 2.13. The molecule has 1 aromatic heterocycles. The molecule has 1 amide bonds. The molecule has 0 saturated carbocycles. The number of hydrogen-bond donors (Lipinski definition) is 1. The molecule has 1 atom stereocenters. The van der Waals surface area contributed by atoms with Gasteiger partial charge >= 0.3 is 5.97 Å². The van der Waals surface area contributed by atoms with Gasteiger partial charge in [0, 0.05) is 25.0 Å². The molecule has 1 aliphatic rings. The maximum absolute atomic E-state index is 12.9. The van der Waals surface area contributed by atoms with Crippen LogP contribution in [0.1, 0.15) is 35.3 Å². The van der Waals surface area contributed by atoms with Crippen LogP contribution in [-0.4, -0.2) is 28.1 Å². The number of fused-ring (bicyclic) bond motifs is 1. The van der Waals surface area contributed by atoms with Crippen LogP contribution in [0, 0.1) is 0 Å². The molecule has 1 unspecified atom stereocenters. The minimum Gasteiger partial charge on any atom is -0.481 e. The summed E-state index contributed by atoms with van der Waals surface area (Å²) < 4.78 is 1.80. The van der Waals surface area contributed by atoms with Gasteiger partial charge in [-0.15, -0.1) is 0 Å². The zero-order valence-electron chi connectivity index (χ0n) is 12.7. The first kappa shape index (κ1) is 15.6. The van der Waals surface area contributed by atoms with Gasteiger partial charge in [-0.05, 0) is 31.0 Å². The minimum absolute atomic E-state index is 0.157. The summed E-state index contributed by atoms with van der Waals surface area (Å²) in [5, 5.41) is 9.90. The summed E-state index contributed by atoms with van der Waals surface area (Å²) in [5.41, 5.74) is 1.86. The average molecular weight is 333 g/mol. The predicted molar refractivity (Wildman–Crippen MR) is 88.2 cm³/mol. The number of rotatable bonds is 3. The third-order valence-electron chi connectivity index (χ3n) is 4.21. The highest BCUT2D eigenvalue weighted by molar-refractivity contribution is 6.31. The Morgan fingerprint density at radius 1 is 1.35 bits per heavy atom. The first-order valence-electron chi connectivity index (χ1n) is 7.52. The molecule has 0 fully saturated rings. The first-order valence-corrected chi connectivity index (χ1v) is 7.90. The maximum Gasteiger partial charge on any atom is 0.311 e. The third-order valence-corrected chi connectivity index (χ3v) is 4.42. The number of amides is 1. The Labute approximate surface area is 139 Å². The van der Waals surface area contributed by atoms with Crippen molar-refractivity contribution in [2.24, 2.45) is 0 Å². The molecule has 0 radical (unpaired) electrons. The SMILES string of the molecule is CCn1cc(Cl)cc1C(=O)N1CCC(C(=O)O)c2ccccc21. The van der Waals surface area contributed by atoms with Gasteiger partial charge < -0.3 is 14.6 Å². The number of carbonyl (C=O) groups is 2. The predicted octanol–water partition coefficient (Wildman–Crippen LogP) is 3.38. The molecule has 0 bridgehead atoms. The van der Waals surface area contributed by atoms with Crippen molar-refractivity contribution in [3.05, 3.63) is 52.8 Å². The van der Waals surface area contributed by atoms with Crippen molar-refractivity contribution in [1.82, 2.24) is 4.57 Å². The third kappa shape index (κ3) is 2.72. The lowest BCUT2D eigenvalue weighted by atomic mass is 9.90. The summed E-state index contributed by atoms with van der Waals surface area (Å²) in [6.45, 7) is 2.96. The van der Waals surface area contributed by atoms with Gasteiger partial charge in [-0.25, -0.2) is 0 Å². The molecule has 1 aliphatic heterocycles. The number of aryl methyl sites for hydroxylation is 1. The largest absolute Gasteiger partial charge is 0.481 e. The van der Waals surface area contributed by atoms with E-state index in [1.54, 1.807) is 39.9 Å². The molecule has 2 heterocycles. The molecule has 3 rings (SSSR count). The van der Waals surface area contributed by atoms with Crippen LogP contribution in [0.2, 0.25) is 5.02 Å². The van der Waals surface area contributed by atoms with Crippen molar-refractivity contribution >= 4 is 29.2 Å². The van der Waals surface area contributed by atoms with Crippen LogP contribution in [-0.2, 0) is 11.3 Å². The van der Waals surface area contributed by atoms with Gasteiger partial charge in [0.1, 0.15) is 5.69 Å². The zero-order chi connectivity index (χ0) is 16.6. The van der Waals surface area contributed by atoms with Crippen LogP contribution in [0.4, 0.5) is 5.69 Å². The van der Waals surface area contributed by atoms with E-state index in [0.717, 1.165) is 0 Å². The summed E-state index contributed by atoms with van der Waals surface area (Å²) in [7, 11) is 0. The molecular weight excluding hydrogens is 316 g/mol. The Morgan fingerprint density at radius 2 is 2.09 bits per heavy atom. The van der Waals surface area contributed by atoms with Gasteiger partial charge in [0.2, 0.25) is 0 Å². The topological polar surface area (TPSA) is 62.5 Å². The number of halogens is 1. The standard InChI is InChI=1S/C17H17ClN2O3/c1-2-19-10-11(18)9-15(19)16(21)20-8-7-13(17(22)23)12-5-3-4-6-14(12)20/h3-6,9-10,13H,2,7-8H2,1H3,(H,22,23). The lowest BCUT2D eigenvalue weighted by Crippen LogP contribution is -2.39. The van der Waals surface area contributed by atoms with Crippen molar-refractivity contribution in [1.29, 1.82) is 0 Å². The molecule has 6 heteroatoms. The normalized spacial score (nSPS) is 17.0. The second-order valence-corrected chi connectivity index (χ2v) is 5.96. The molecular formula is C17H17ClN2O3. The van der Waals surface area contributed by atoms with E-state index < -0.39 is 11.9 Å². The molecule has 120 valence electrons. The monoisotopic (exact) mass is 332 g/mol. The number of para-hydroxylation sites is 1. The Hall–Kier alpha value is -2.27. The highest BCUT2D eigenvalue weighted by Crippen LogP contribution is 2.36. The number of carboxylic acids is 1. The molecule has 2 aromatic rings. The van der Waals surface area contributed by atoms with Gasteiger partial charge in [0.25, 0.3) is 5.91 Å². The first-order chi connectivity index (χ1) is 11.0. The van der Waals surface area contributed by atoms with Crippen LogP contribution in [0.3, 0.4) is 0 Å². The van der Waals surface area contributed by atoms with Crippen LogP contribution in [0.5, 0.6) is 0 Å². The van der Waals surface area contributed by atoms with E-state index in [2.05, 4.69) is 0 Å². The van der Waals surface area contributed by atoms with E-state index in [1.165, 1.54) is 0 Å². The fourth-order valence-corrected chi connectivity index (χ4v) is 3.30. The molecule has 1 aromatic carbocycles. The Kier molecular flexibility index (Phi) is 4.13. The summed E-state index contributed by atoms with van der Waals surface area (Å²) in [4.78, 5) is 26.0. The fourth-order valence-electron chi connectivity index (χ4n) is 3.08. The second-order valence-electron chi connectivity index (χ2n) is 5.52.